The molecule has 0 aliphatic carbocycles. The summed E-state index contributed by atoms with van der Waals surface area (Å²) in [6.07, 6.45) is 0. The smallest absolute Gasteiger partial charge is 0.272 e. The lowest BCUT2D eigenvalue weighted by molar-refractivity contribution is -0.385. The van der Waals surface area contributed by atoms with E-state index >= 15 is 0 Å². The first-order valence-electron chi connectivity index (χ1n) is 5.79. The van der Waals surface area contributed by atoms with Crippen LogP contribution in [0.5, 0.6) is 5.75 Å². The Morgan fingerprint density at radius 3 is 2.70 bits per heavy atom. The summed E-state index contributed by atoms with van der Waals surface area (Å²) >= 11 is 0. The summed E-state index contributed by atoms with van der Waals surface area (Å²) in [6.45, 7) is 1.44. The van der Waals surface area contributed by atoms with Crippen LogP contribution in [0, 0.1) is 28.7 Å². The molecule has 0 saturated carbocycles. The zero-order valence-corrected chi connectivity index (χ0v) is 10.6. The van der Waals surface area contributed by atoms with E-state index in [-0.39, 0.29) is 23.6 Å². The summed E-state index contributed by atoms with van der Waals surface area (Å²) in [5.74, 6) is -1.21. The molecule has 104 valence electrons. The first-order chi connectivity index (χ1) is 9.47. The van der Waals surface area contributed by atoms with E-state index in [1.165, 1.54) is 12.1 Å². The second-order valence-electron chi connectivity index (χ2n) is 4.25. The second kappa shape index (κ2) is 5.64. The Labute approximate surface area is 113 Å². The quantitative estimate of drug-likeness (QED) is 0.632. The van der Waals surface area contributed by atoms with Crippen LogP contribution < -0.4 is 4.74 Å². The van der Waals surface area contributed by atoms with Gasteiger partial charge in [0.2, 0.25) is 0 Å². The highest BCUT2D eigenvalue weighted by Gasteiger charge is 2.11. The fourth-order valence-corrected chi connectivity index (χ4v) is 1.72. The Balaban J connectivity index is 2.19. The molecular formula is C14H11F2NO3. The maximum absolute atomic E-state index is 13.7. The lowest BCUT2D eigenvalue weighted by Crippen LogP contribution is -2.00. The molecule has 0 aliphatic rings. The maximum atomic E-state index is 13.7. The number of non-ortho nitro benzene ring substituents is 1. The molecule has 0 bridgehead atoms. The summed E-state index contributed by atoms with van der Waals surface area (Å²) in [5.41, 5.74) is 0.318. The molecule has 2 rings (SSSR count). The van der Waals surface area contributed by atoms with Gasteiger partial charge < -0.3 is 4.74 Å². The fourth-order valence-electron chi connectivity index (χ4n) is 1.72. The van der Waals surface area contributed by atoms with E-state index in [9.17, 15) is 18.9 Å². The summed E-state index contributed by atoms with van der Waals surface area (Å²) in [4.78, 5) is 9.92. The van der Waals surface area contributed by atoms with Crippen molar-refractivity contribution in [2.24, 2.45) is 0 Å². The van der Waals surface area contributed by atoms with Crippen molar-refractivity contribution < 1.29 is 18.4 Å². The molecule has 2 aromatic rings. The van der Waals surface area contributed by atoms with Gasteiger partial charge >= 0.3 is 0 Å². The standard InChI is InChI=1S/C14H11F2NO3/c1-9-3-2-4-13(14(9)16)20-8-10-5-11(15)7-12(6-10)17(18)19/h2-7H,8H2,1H3. The van der Waals surface area contributed by atoms with E-state index < -0.39 is 16.6 Å². The van der Waals surface area contributed by atoms with E-state index in [4.69, 9.17) is 4.74 Å². The first-order valence-corrected chi connectivity index (χ1v) is 5.79. The van der Waals surface area contributed by atoms with Gasteiger partial charge in [0, 0.05) is 6.07 Å². The zero-order valence-electron chi connectivity index (χ0n) is 10.6. The number of aryl methyl sites for hydroxylation is 1. The molecule has 0 amide bonds. The number of hydrogen-bond acceptors (Lipinski definition) is 3. The Morgan fingerprint density at radius 2 is 2.00 bits per heavy atom. The Kier molecular flexibility index (Phi) is 3.93. The van der Waals surface area contributed by atoms with Crippen molar-refractivity contribution in [1.82, 2.24) is 0 Å². The molecule has 0 saturated heterocycles. The topological polar surface area (TPSA) is 52.4 Å². The molecule has 4 nitrogen and oxygen atoms in total. The minimum Gasteiger partial charge on any atom is -0.486 e. The van der Waals surface area contributed by atoms with E-state index in [0.29, 0.717) is 5.56 Å². The maximum Gasteiger partial charge on any atom is 0.272 e. The number of nitro groups is 1. The molecule has 0 heterocycles. The number of ether oxygens (including phenoxy) is 1. The summed E-state index contributed by atoms with van der Waals surface area (Å²) in [6, 6.07) is 7.78. The molecule has 0 aliphatic heterocycles. The van der Waals surface area contributed by atoms with Crippen molar-refractivity contribution in [2.45, 2.75) is 13.5 Å². The summed E-state index contributed by atoms with van der Waals surface area (Å²) < 4.78 is 32.1. The molecule has 2 aromatic carbocycles. The van der Waals surface area contributed by atoms with Gasteiger partial charge in [-0.3, -0.25) is 10.1 Å². The average Bonchev–Trinajstić information content (AvgIpc) is 2.40. The van der Waals surface area contributed by atoms with Crippen molar-refractivity contribution in [3.63, 3.8) is 0 Å². The van der Waals surface area contributed by atoms with Crippen molar-refractivity contribution in [3.8, 4) is 5.75 Å². The van der Waals surface area contributed by atoms with Crippen molar-refractivity contribution in [2.75, 3.05) is 0 Å². The van der Waals surface area contributed by atoms with Gasteiger partial charge in [-0.2, -0.15) is 0 Å². The number of hydrogen-bond donors (Lipinski definition) is 0. The number of nitro benzene ring substituents is 1. The van der Waals surface area contributed by atoms with Gasteiger partial charge in [0.05, 0.1) is 11.0 Å². The minimum absolute atomic E-state index is 0.0249. The highest BCUT2D eigenvalue weighted by Crippen LogP contribution is 2.22. The average molecular weight is 279 g/mol. The Morgan fingerprint density at radius 1 is 1.25 bits per heavy atom. The van der Waals surface area contributed by atoms with Gasteiger partial charge in [-0.05, 0) is 30.2 Å². The van der Waals surface area contributed by atoms with Crippen LogP contribution in [0.1, 0.15) is 11.1 Å². The van der Waals surface area contributed by atoms with Crippen LogP contribution in [0.3, 0.4) is 0 Å². The Bertz CT molecular complexity index is 659. The molecule has 6 heteroatoms. The van der Waals surface area contributed by atoms with Gasteiger partial charge in [0.25, 0.3) is 5.69 Å². The van der Waals surface area contributed by atoms with Crippen LogP contribution in [0.15, 0.2) is 36.4 Å². The molecule has 0 aromatic heterocycles. The van der Waals surface area contributed by atoms with Gasteiger partial charge in [-0.25, -0.2) is 8.78 Å². The molecule has 20 heavy (non-hydrogen) atoms. The largest absolute Gasteiger partial charge is 0.486 e. The van der Waals surface area contributed by atoms with Crippen LogP contribution in [-0.2, 0) is 6.61 Å². The number of benzene rings is 2. The van der Waals surface area contributed by atoms with Crippen molar-refractivity contribution in [3.05, 3.63) is 69.3 Å². The number of nitrogens with zero attached hydrogens (tertiary/aromatic N) is 1. The highest BCUT2D eigenvalue weighted by atomic mass is 19.1. The van der Waals surface area contributed by atoms with Crippen LogP contribution in [-0.4, -0.2) is 4.92 Å². The van der Waals surface area contributed by atoms with Gasteiger partial charge in [-0.15, -0.1) is 0 Å². The molecular weight excluding hydrogens is 268 g/mol. The molecule has 0 spiro atoms. The molecule has 0 N–H and O–H groups in total. The van der Waals surface area contributed by atoms with Gasteiger partial charge in [-0.1, -0.05) is 12.1 Å². The summed E-state index contributed by atoms with van der Waals surface area (Å²) in [5, 5.41) is 10.6. The minimum atomic E-state index is -0.734. The predicted molar refractivity (Wildman–Crippen MR) is 68.5 cm³/mol. The first kappa shape index (κ1) is 13.9. The normalized spacial score (nSPS) is 10.3. The lowest BCUT2D eigenvalue weighted by Gasteiger charge is -2.08. The van der Waals surface area contributed by atoms with E-state index in [1.807, 2.05) is 0 Å². The van der Waals surface area contributed by atoms with Crippen LogP contribution >= 0.6 is 0 Å². The lowest BCUT2D eigenvalue weighted by atomic mass is 10.2. The van der Waals surface area contributed by atoms with Gasteiger partial charge in [0.15, 0.2) is 11.6 Å². The molecule has 0 atom stereocenters. The van der Waals surface area contributed by atoms with Crippen LogP contribution in [0.2, 0.25) is 0 Å². The predicted octanol–water partition coefficient (Wildman–Crippen LogP) is 3.76. The number of halogens is 2. The third kappa shape index (κ3) is 3.09. The van der Waals surface area contributed by atoms with Crippen LogP contribution in [0.25, 0.3) is 0 Å². The molecule has 0 radical (unpaired) electrons. The van der Waals surface area contributed by atoms with E-state index in [0.717, 1.165) is 12.1 Å². The third-order valence-electron chi connectivity index (χ3n) is 2.70. The van der Waals surface area contributed by atoms with Crippen molar-refractivity contribution in [1.29, 1.82) is 0 Å². The van der Waals surface area contributed by atoms with Crippen LogP contribution in [0.4, 0.5) is 14.5 Å². The summed E-state index contributed by atoms with van der Waals surface area (Å²) in [7, 11) is 0. The third-order valence-corrected chi connectivity index (χ3v) is 2.70. The fraction of sp³-hybridized carbons (Fsp3) is 0.143. The monoisotopic (exact) mass is 279 g/mol. The highest BCUT2D eigenvalue weighted by molar-refractivity contribution is 5.36. The van der Waals surface area contributed by atoms with E-state index in [2.05, 4.69) is 0 Å². The SMILES string of the molecule is Cc1cccc(OCc2cc(F)cc([N+](=O)[O-])c2)c1F. The second-order valence-corrected chi connectivity index (χ2v) is 4.25. The number of rotatable bonds is 4. The molecule has 0 fully saturated rings. The van der Waals surface area contributed by atoms with Gasteiger partial charge in [0.1, 0.15) is 12.4 Å². The Hall–Kier alpha value is -2.50. The zero-order chi connectivity index (χ0) is 14.7. The van der Waals surface area contributed by atoms with E-state index in [1.54, 1.807) is 19.1 Å². The van der Waals surface area contributed by atoms with Crippen molar-refractivity contribution >= 4 is 5.69 Å². The molecule has 0 unspecified atom stereocenters.